The van der Waals surface area contributed by atoms with Crippen molar-refractivity contribution in [3.05, 3.63) is 28.9 Å². The molecule has 1 heterocycles. The number of hydrogen-bond donors (Lipinski definition) is 1. The maximum atomic E-state index is 6.21. The first-order chi connectivity index (χ1) is 8.58. The van der Waals surface area contributed by atoms with Gasteiger partial charge in [0.15, 0.2) is 0 Å². The van der Waals surface area contributed by atoms with Gasteiger partial charge in [-0.2, -0.15) is 0 Å². The molecular formula is C13H16ClN3O. The van der Waals surface area contributed by atoms with Gasteiger partial charge >= 0.3 is 0 Å². The number of anilines is 1. The molecule has 5 heteroatoms. The number of aryl methyl sites for hydroxylation is 1. The third-order valence-corrected chi connectivity index (χ3v) is 3.43. The molecule has 0 atom stereocenters. The van der Waals surface area contributed by atoms with E-state index in [0.29, 0.717) is 16.8 Å². The number of hydrogen-bond acceptors (Lipinski definition) is 3. The van der Waals surface area contributed by atoms with Crippen molar-refractivity contribution in [1.82, 2.24) is 9.55 Å². The SMILES string of the molecule is CCc1cc(-c2nc(N)n(C)c2Cl)ccc1OC. The number of nitrogens with two attached hydrogens (primary N) is 1. The topological polar surface area (TPSA) is 53.1 Å². The van der Waals surface area contributed by atoms with Gasteiger partial charge < -0.3 is 15.0 Å². The molecule has 0 saturated heterocycles. The highest BCUT2D eigenvalue weighted by Crippen LogP contribution is 2.31. The van der Waals surface area contributed by atoms with E-state index < -0.39 is 0 Å². The van der Waals surface area contributed by atoms with Crippen LogP contribution in [-0.4, -0.2) is 16.7 Å². The summed E-state index contributed by atoms with van der Waals surface area (Å²) in [5.41, 5.74) is 8.52. The van der Waals surface area contributed by atoms with E-state index >= 15 is 0 Å². The molecule has 18 heavy (non-hydrogen) atoms. The summed E-state index contributed by atoms with van der Waals surface area (Å²) in [5, 5.41) is 0.541. The summed E-state index contributed by atoms with van der Waals surface area (Å²) in [4.78, 5) is 4.28. The van der Waals surface area contributed by atoms with Crippen LogP contribution in [0.3, 0.4) is 0 Å². The van der Waals surface area contributed by atoms with Crippen LogP contribution in [0.2, 0.25) is 5.15 Å². The Morgan fingerprint density at radius 2 is 2.17 bits per heavy atom. The second-order valence-corrected chi connectivity index (χ2v) is 4.41. The number of methoxy groups -OCH3 is 1. The van der Waals surface area contributed by atoms with Crippen LogP contribution in [-0.2, 0) is 13.5 Å². The summed E-state index contributed by atoms with van der Waals surface area (Å²) in [6.07, 6.45) is 0.886. The molecule has 0 bridgehead atoms. The van der Waals surface area contributed by atoms with Crippen molar-refractivity contribution < 1.29 is 4.74 Å². The van der Waals surface area contributed by atoms with Gasteiger partial charge in [0, 0.05) is 12.6 Å². The predicted molar refractivity (Wildman–Crippen MR) is 74.0 cm³/mol. The Balaban J connectivity index is 2.54. The van der Waals surface area contributed by atoms with Crippen LogP contribution >= 0.6 is 11.6 Å². The Hall–Kier alpha value is -1.68. The summed E-state index contributed by atoms with van der Waals surface area (Å²) in [6.45, 7) is 2.08. The molecule has 0 saturated carbocycles. The van der Waals surface area contributed by atoms with E-state index in [9.17, 15) is 0 Å². The minimum absolute atomic E-state index is 0.406. The lowest BCUT2D eigenvalue weighted by atomic mass is 10.1. The molecule has 1 aromatic carbocycles. The summed E-state index contributed by atoms with van der Waals surface area (Å²) in [5.74, 6) is 1.28. The Labute approximate surface area is 111 Å². The molecule has 0 aliphatic rings. The van der Waals surface area contributed by atoms with Gasteiger partial charge in [0.1, 0.15) is 16.6 Å². The minimum Gasteiger partial charge on any atom is -0.496 e. The summed E-state index contributed by atoms with van der Waals surface area (Å²) >= 11 is 6.21. The van der Waals surface area contributed by atoms with Crippen LogP contribution < -0.4 is 10.5 Å². The van der Waals surface area contributed by atoms with Gasteiger partial charge in [0.2, 0.25) is 5.95 Å². The highest BCUT2D eigenvalue weighted by Gasteiger charge is 2.14. The molecule has 96 valence electrons. The molecule has 0 amide bonds. The molecule has 0 radical (unpaired) electrons. The average molecular weight is 266 g/mol. The van der Waals surface area contributed by atoms with Crippen LogP contribution in [0.1, 0.15) is 12.5 Å². The second-order valence-electron chi connectivity index (χ2n) is 4.05. The quantitative estimate of drug-likeness (QED) is 0.928. The van der Waals surface area contributed by atoms with E-state index in [2.05, 4.69) is 11.9 Å². The van der Waals surface area contributed by atoms with Gasteiger partial charge in [-0.15, -0.1) is 0 Å². The van der Waals surface area contributed by atoms with Gasteiger partial charge in [0.05, 0.1) is 7.11 Å². The molecule has 0 fully saturated rings. The zero-order valence-electron chi connectivity index (χ0n) is 10.7. The van der Waals surface area contributed by atoms with E-state index in [1.807, 2.05) is 18.2 Å². The first-order valence-corrected chi connectivity index (χ1v) is 6.11. The highest BCUT2D eigenvalue weighted by atomic mass is 35.5. The predicted octanol–water partition coefficient (Wildman–Crippen LogP) is 2.89. The van der Waals surface area contributed by atoms with E-state index in [4.69, 9.17) is 22.1 Å². The molecule has 2 aromatic rings. The number of imidazole rings is 1. The monoisotopic (exact) mass is 265 g/mol. The number of halogens is 1. The van der Waals surface area contributed by atoms with Crippen LogP contribution in [0.5, 0.6) is 5.75 Å². The largest absolute Gasteiger partial charge is 0.496 e. The van der Waals surface area contributed by atoms with Crippen LogP contribution in [0.15, 0.2) is 18.2 Å². The minimum atomic E-state index is 0.406. The number of nitrogens with zero attached hydrogens (tertiary/aromatic N) is 2. The van der Waals surface area contributed by atoms with Gasteiger partial charge in [-0.1, -0.05) is 18.5 Å². The molecule has 0 unspecified atom stereocenters. The Morgan fingerprint density at radius 3 is 2.67 bits per heavy atom. The average Bonchev–Trinajstić information content (AvgIpc) is 2.65. The number of benzene rings is 1. The van der Waals surface area contributed by atoms with Crippen molar-refractivity contribution >= 4 is 17.5 Å². The number of rotatable bonds is 3. The van der Waals surface area contributed by atoms with Crippen LogP contribution in [0.4, 0.5) is 5.95 Å². The molecule has 4 nitrogen and oxygen atoms in total. The number of aromatic nitrogens is 2. The fourth-order valence-electron chi connectivity index (χ4n) is 1.88. The molecule has 0 aliphatic heterocycles. The zero-order chi connectivity index (χ0) is 13.3. The van der Waals surface area contributed by atoms with E-state index in [1.165, 1.54) is 0 Å². The van der Waals surface area contributed by atoms with Crippen molar-refractivity contribution in [3.8, 4) is 17.0 Å². The third kappa shape index (κ3) is 2.04. The third-order valence-electron chi connectivity index (χ3n) is 2.99. The first-order valence-electron chi connectivity index (χ1n) is 5.73. The van der Waals surface area contributed by atoms with Crippen LogP contribution in [0, 0.1) is 0 Å². The van der Waals surface area contributed by atoms with E-state index in [1.54, 1.807) is 18.7 Å². The van der Waals surface area contributed by atoms with Gasteiger partial charge in [-0.05, 0) is 30.2 Å². The fourth-order valence-corrected chi connectivity index (χ4v) is 2.12. The van der Waals surface area contributed by atoms with Crippen molar-refractivity contribution in [3.63, 3.8) is 0 Å². The lowest BCUT2D eigenvalue weighted by Crippen LogP contribution is -1.96. The van der Waals surface area contributed by atoms with Gasteiger partial charge in [-0.3, -0.25) is 0 Å². The second kappa shape index (κ2) is 4.90. The first kappa shape index (κ1) is 12.8. The van der Waals surface area contributed by atoms with E-state index in [0.717, 1.165) is 23.3 Å². The Bertz CT molecular complexity index is 578. The molecule has 1 aromatic heterocycles. The van der Waals surface area contributed by atoms with E-state index in [-0.39, 0.29) is 0 Å². The lowest BCUT2D eigenvalue weighted by Gasteiger charge is -2.08. The van der Waals surface area contributed by atoms with Crippen molar-refractivity contribution in [2.45, 2.75) is 13.3 Å². The number of nitrogen functional groups attached to an aromatic ring is 1. The van der Waals surface area contributed by atoms with Gasteiger partial charge in [-0.25, -0.2) is 4.98 Å². The fraction of sp³-hybridized carbons (Fsp3) is 0.308. The van der Waals surface area contributed by atoms with Crippen LogP contribution in [0.25, 0.3) is 11.3 Å². The molecule has 2 rings (SSSR count). The van der Waals surface area contributed by atoms with Crippen molar-refractivity contribution in [1.29, 1.82) is 0 Å². The normalized spacial score (nSPS) is 10.7. The standard InChI is InChI=1S/C13H16ClN3O/c1-4-8-7-9(5-6-10(8)18-3)11-12(14)17(2)13(15)16-11/h5-7H,4H2,1-3H3,(H2,15,16). The van der Waals surface area contributed by atoms with Crippen molar-refractivity contribution in [2.75, 3.05) is 12.8 Å². The Kier molecular flexibility index (Phi) is 3.48. The molecule has 2 N–H and O–H groups in total. The zero-order valence-corrected chi connectivity index (χ0v) is 11.5. The highest BCUT2D eigenvalue weighted by molar-refractivity contribution is 6.32. The summed E-state index contributed by atoms with van der Waals surface area (Å²) in [7, 11) is 3.46. The maximum Gasteiger partial charge on any atom is 0.201 e. The Morgan fingerprint density at radius 1 is 1.44 bits per heavy atom. The van der Waals surface area contributed by atoms with Crippen molar-refractivity contribution in [2.24, 2.45) is 7.05 Å². The molecule has 0 spiro atoms. The molecule has 0 aliphatic carbocycles. The lowest BCUT2D eigenvalue weighted by molar-refractivity contribution is 0.410. The van der Waals surface area contributed by atoms with Gasteiger partial charge in [0.25, 0.3) is 0 Å². The summed E-state index contributed by atoms with van der Waals surface area (Å²) < 4.78 is 6.96. The maximum absolute atomic E-state index is 6.21. The smallest absolute Gasteiger partial charge is 0.201 e. The summed E-state index contributed by atoms with van der Waals surface area (Å²) in [6, 6.07) is 5.90. The number of ether oxygens (including phenoxy) is 1. The molecular weight excluding hydrogens is 250 g/mol.